The van der Waals surface area contributed by atoms with Crippen LogP contribution in [0.4, 0.5) is 0 Å². The Hall–Kier alpha value is -1.68. The smallest absolute Gasteiger partial charge is 0.0761 e. The molecule has 2 aliphatic carbocycles. The Bertz CT molecular complexity index is 749. The molecule has 3 rings (SSSR count). The van der Waals surface area contributed by atoms with Gasteiger partial charge in [-0.3, -0.25) is 0 Å². The largest absolute Gasteiger partial charge is 0.392 e. The Morgan fingerprint density at radius 2 is 2.10 bits per heavy atom. The van der Waals surface area contributed by atoms with Gasteiger partial charge in [0.2, 0.25) is 0 Å². The highest BCUT2D eigenvalue weighted by Gasteiger charge is 2.42. The molecule has 0 heterocycles. The van der Waals surface area contributed by atoms with E-state index in [4.69, 9.17) is 0 Å². The summed E-state index contributed by atoms with van der Waals surface area (Å²) in [5.41, 5.74) is 3.78. The number of nitrogens with zero attached hydrogens (tertiary/aromatic N) is 1. The number of hydrogen-bond acceptors (Lipinski definition) is 3. The first kappa shape index (κ1) is 22.0. The molecule has 1 aromatic rings. The van der Waals surface area contributed by atoms with Crippen LogP contribution in [0.2, 0.25) is 0 Å². The molecule has 0 unspecified atom stereocenters. The van der Waals surface area contributed by atoms with Crippen molar-refractivity contribution < 1.29 is 10.2 Å². The molecule has 0 bridgehead atoms. The monoisotopic (exact) mass is 395 g/mol. The number of allylic oxidation sites excluding steroid dienone is 4. The lowest BCUT2D eigenvalue weighted by Gasteiger charge is -2.18. The van der Waals surface area contributed by atoms with Gasteiger partial charge < -0.3 is 15.1 Å². The highest BCUT2D eigenvalue weighted by molar-refractivity contribution is 5.29. The minimum atomic E-state index is -0.506. The molecule has 0 spiro atoms. The number of aliphatic hydroxyl groups excluding tert-OH is 2. The van der Waals surface area contributed by atoms with Crippen LogP contribution in [0.15, 0.2) is 60.2 Å². The van der Waals surface area contributed by atoms with Crippen LogP contribution in [0.3, 0.4) is 0 Å². The maximum absolute atomic E-state index is 10.5. The van der Waals surface area contributed by atoms with E-state index < -0.39 is 6.10 Å². The van der Waals surface area contributed by atoms with Crippen LogP contribution in [-0.2, 0) is 6.42 Å². The van der Waals surface area contributed by atoms with Gasteiger partial charge in [0.15, 0.2) is 0 Å². The summed E-state index contributed by atoms with van der Waals surface area (Å²) in [7, 11) is 4.22. The van der Waals surface area contributed by atoms with Gasteiger partial charge in [0, 0.05) is 12.3 Å². The van der Waals surface area contributed by atoms with Crippen molar-refractivity contribution in [3.63, 3.8) is 0 Å². The summed E-state index contributed by atoms with van der Waals surface area (Å²) >= 11 is 0. The number of fused-ring (bicyclic) bond motifs is 1. The first-order valence-corrected chi connectivity index (χ1v) is 11.0. The summed E-state index contributed by atoms with van der Waals surface area (Å²) < 4.78 is 0. The zero-order valence-corrected chi connectivity index (χ0v) is 18.2. The fourth-order valence-corrected chi connectivity index (χ4v) is 4.84. The second-order valence-electron chi connectivity index (χ2n) is 9.15. The van der Waals surface area contributed by atoms with Crippen LogP contribution in [0.25, 0.3) is 0 Å². The molecule has 1 fully saturated rings. The number of aliphatic hydroxyl groups is 2. The maximum Gasteiger partial charge on any atom is 0.0761 e. The lowest BCUT2D eigenvalue weighted by molar-refractivity contribution is 0.140. The fraction of sp³-hybridized carbons (Fsp3) is 0.538. The number of hydrogen-bond donors (Lipinski definition) is 2. The van der Waals surface area contributed by atoms with Crippen molar-refractivity contribution in [1.29, 1.82) is 0 Å². The van der Waals surface area contributed by atoms with E-state index in [0.717, 1.165) is 31.4 Å². The molecule has 3 heteroatoms. The minimum absolute atomic E-state index is 0.142. The van der Waals surface area contributed by atoms with E-state index in [0.29, 0.717) is 18.3 Å². The lowest BCUT2D eigenvalue weighted by Crippen LogP contribution is -2.18. The summed E-state index contributed by atoms with van der Waals surface area (Å²) in [6.45, 7) is 3.20. The maximum atomic E-state index is 10.5. The van der Waals surface area contributed by atoms with Crippen molar-refractivity contribution in [3.8, 4) is 0 Å². The molecule has 0 saturated heterocycles. The number of unbranched alkanes of at least 4 members (excludes halogenated alkanes) is 1. The molecule has 0 aliphatic heterocycles. The first-order chi connectivity index (χ1) is 13.9. The average molecular weight is 396 g/mol. The molecule has 0 amide bonds. The predicted molar refractivity (Wildman–Crippen MR) is 121 cm³/mol. The molecule has 3 nitrogen and oxygen atoms in total. The van der Waals surface area contributed by atoms with Gasteiger partial charge >= 0.3 is 0 Å². The molecule has 158 valence electrons. The van der Waals surface area contributed by atoms with Gasteiger partial charge in [-0.05, 0) is 70.6 Å². The number of aryl methyl sites for hydroxylation is 1. The van der Waals surface area contributed by atoms with Gasteiger partial charge in [-0.25, -0.2) is 0 Å². The van der Waals surface area contributed by atoms with Gasteiger partial charge in [-0.15, -0.1) is 0 Å². The average Bonchev–Trinajstić information content (AvgIpc) is 3.16. The summed E-state index contributed by atoms with van der Waals surface area (Å²) in [5, 5.41) is 21.0. The van der Waals surface area contributed by atoms with Crippen molar-refractivity contribution in [2.75, 3.05) is 20.6 Å². The Kier molecular flexibility index (Phi) is 7.88. The van der Waals surface area contributed by atoms with Crippen LogP contribution < -0.4 is 0 Å². The van der Waals surface area contributed by atoms with Crippen LogP contribution >= 0.6 is 0 Å². The summed E-state index contributed by atoms with van der Waals surface area (Å²) in [6, 6.07) is 8.28. The first-order valence-electron chi connectivity index (χ1n) is 11.0. The van der Waals surface area contributed by atoms with E-state index in [1.165, 1.54) is 17.6 Å². The van der Waals surface area contributed by atoms with E-state index >= 15 is 0 Å². The van der Waals surface area contributed by atoms with Gasteiger partial charge in [-0.1, -0.05) is 65.8 Å². The van der Waals surface area contributed by atoms with E-state index in [1.807, 2.05) is 12.1 Å². The molecule has 2 N–H and O–H groups in total. The van der Waals surface area contributed by atoms with Crippen molar-refractivity contribution in [1.82, 2.24) is 4.90 Å². The molecule has 5 atom stereocenters. The molecule has 1 saturated carbocycles. The Labute approximate surface area is 176 Å². The Morgan fingerprint density at radius 3 is 2.86 bits per heavy atom. The lowest BCUT2D eigenvalue weighted by atomic mass is 9.89. The zero-order chi connectivity index (χ0) is 20.8. The molecule has 2 aliphatic rings. The second-order valence-corrected chi connectivity index (χ2v) is 9.15. The van der Waals surface area contributed by atoms with Crippen molar-refractivity contribution >= 4 is 0 Å². The van der Waals surface area contributed by atoms with E-state index in [-0.39, 0.29) is 12.0 Å². The third kappa shape index (κ3) is 6.40. The fourth-order valence-electron chi connectivity index (χ4n) is 4.84. The summed E-state index contributed by atoms with van der Waals surface area (Å²) in [6.07, 6.45) is 14.9. The molecule has 1 aromatic carbocycles. The minimum Gasteiger partial charge on any atom is -0.392 e. The van der Waals surface area contributed by atoms with Crippen molar-refractivity contribution in [3.05, 3.63) is 71.3 Å². The molecular formula is C26H37NO2. The normalized spacial score (nSPS) is 27.9. The Balaban J connectivity index is 1.51. The summed E-state index contributed by atoms with van der Waals surface area (Å²) in [5.74, 6) is 1.08. The quantitative estimate of drug-likeness (QED) is 0.484. The second kappa shape index (κ2) is 10.4. The third-order valence-electron chi connectivity index (χ3n) is 6.29. The Morgan fingerprint density at radius 1 is 1.28 bits per heavy atom. The molecule has 29 heavy (non-hydrogen) atoms. The third-order valence-corrected chi connectivity index (χ3v) is 6.29. The topological polar surface area (TPSA) is 43.7 Å². The zero-order valence-electron chi connectivity index (χ0n) is 18.2. The van der Waals surface area contributed by atoms with Crippen LogP contribution in [0.1, 0.15) is 36.8 Å². The molecule has 0 radical (unpaired) electrons. The SMILES string of the molecule is Cc1cccc(C[C@@H](O)/C=C/[C@@H]2[C@H]3CC(/C=C\CCCN(C)C)=C[C@H]3C[C@H]2O)c1. The molecule has 0 aromatic heterocycles. The van der Waals surface area contributed by atoms with Gasteiger partial charge in [0.25, 0.3) is 0 Å². The van der Waals surface area contributed by atoms with Crippen LogP contribution in [-0.4, -0.2) is 48.0 Å². The number of rotatable bonds is 9. The van der Waals surface area contributed by atoms with Gasteiger partial charge in [-0.2, -0.15) is 0 Å². The standard InChI is InChI=1S/C26H37NO2/c1-19-8-7-10-20(14-19)16-23(28)11-12-24-25-17-21(15-22(25)18-26(24)29)9-5-4-6-13-27(2)3/h5,7-12,14-15,22-26,28-29H,4,6,13,16-18H2,1-3H3/b9-5-,12-11+/t22-,23-,24+,25-,26+/m0/s1. The summed E-state index contributed by atoms with van der Waals surface area (Å²) in [4.78, 5) is 2.22. The van der Waals surface area contributed by atoms with Crippen molar-refractivity contribution in [2.45, 2.75) is 51.2 Å². The highest BCUT2D eigenvalue weighted by Crippen LogP contribution is 2.47. The van der Waals surface area contributed by atoms with Crippen molar-refractivity contribution in [2.24, 2.45) is 17.8 Å². The van der Waals surface area contributed by atoms with Crippen LogP contribution in [0.5, 0.6) is 0 Å². The van der Waals surface area contributed by atoms with Crippen LogP contribution in [0, 0.1) is 24.7 Å². The van der Waals surface area contributed by atoms with E-state index in [2.05, 4.69) is 68.4 Å². The van der Waals surface area contributed by atoms with E-state index in [9.17, 15) is 10.2 Å². The van der Waals surface area contributed by atoms with E-state index in [1.54, 1.807) is 0 Å². The highest BCUT2D eigenvalue weighted by atomic mass is 16.3. The van der Waals surface area contributed by atoms with Gasteiger partial charge in [0.1, 0.15) is 0 Å². The number of benzene rings is 1. The predicted octanol–water partition coefficient (Wildman–Crippen LogP) is 4.30. The van der Waals surface area contributed by atoms with Gasteiger partial charge in [0.05, 0.1) is 12.2 Å². The molecular weight excluding hydrogens is 358 g/mol.